The van der Waals surface area contributed by atoms with Gasteiger partial charge in [-0.2, -0.15) is 4.31 Å². The van der Waals surface area contributed by atoms with Gasteiger partial charge in [-0.1, -0.05) is 0 Å². The molecule has 0 saturated carbocycles. The first-order chi connectivity index (χ1) is 14.1. The fourth-order valence-corrected chi connectivity index (χ4v) is 6.40. The van der Waals surface area contributed by atoms with Crippen LogP contribution in [0.4, 0.5) is 0 Å². The lowest BCUT2D eigenvalue weighted by molar-refractivity contribution is -0.150. The second kappa shape index (κ2) is 9.86. The summed E-state index contributed by atoms with van der Waals surface area (Å²) in [4.78, 5) is 34.9. The molecule has 168 valence electrons. The molecule has 12 heteroatoms. The molecule has 2 aliphatic rings. The summed E-state index contributed by atoms with van der Waals surface area (Å²) >= 11 is 1.10. The lowest BCUT2D eigenvalue weighted by Gasteiger charge is -2.35. The first-order valence-electron chi connectivity index (χ1n) is 9.34. The van der Waals surface area contributed by atoms with Crippen molar-refractivity contribution in [3.8, 4) is 0 Å². The molecule has 2 saturated heterocycles. The number of hydrogen-bond donors (Lipinski definition) is 2. The Morgan fingerprint density at radius 1 is 1.43 bits per heavy atom. The van der Waals surface area contributed by atoms with Crippen LogP contribution in [0.5, 0.6) is 0 Å². The number of likely N-dealkylation sites (N-methyl/N-ethyl adjacent to an activating group) is 1. The van der Waals surface area contributed by atoms with Crippen LogP contribution in [0.15, 0.2) is 16.3 Å². The lowest BCUT2D eigenvalue weighted by Crippen LogP contribution is -2.45. The standard InChI is InChI=1S/C17H25N3O5S2.CH2O2/c1-18-15(21)14-8-13(11-26-14)27(23,24)20-6-4-17(5-7-20)9-12(10-19(2)3)25-16(17)22;2-1-3/h8,11-12H,4-7,9-10H2,1-3H3,(H,18,21);1H,(H,2,3). The largest absolute Gasteiger partial charge is 0.483 e. The van der Waals surface area contributed by atoms with Crippen molar-refractivity contribution in [3.63, 3.8) is 0 Å². The number of esters is 1. The normalized spacial score (nSPS) is 21.1. The highest BCUT2D eigenvalue weighted by molar-refractivity contribution is 7.89. The zero-order valence-corrected chi connectivity index (χ0v) is 18.8. The molecule has 0 aromatic carbocycles. The summed E-state index contributed by atoms with van der Waals surface area (Å²) in [6, 6.07) is 1.40. The van der Waals surface area contributed by atoms with Crippen LogP contribution in [-0.4, -0.2) is 88.0 Å². The van der Waals surface area contributed by atoms with E-state index in [1.807, 2.05) is 19.0 Å². The quantitative estimate of drug-likeness (QED) is 0.477. The van der Waals surface area contributed by atoms with Gasteiger partial charge in [0.05, 0.1) is 15.2 Å². The van der Waals surface area contributed by atoms with Crippen molar-refractivity contribution in [3.05, 3.63) is 16.3 Å². The fraction of sp³-hybridized carbons (Fsp3) is 0.611. The molecule has 1 amide bonds. The first-order valence-corrected chi connectivity index (χ1v) is 11.7. The maximum Gasteiger partial charge on any atom is 0.312 e. The minimum atomic E-state index is -3.68. The number of rotatable bonds is 5. The van der Waals surface area contributed by atoms with Gasteiger partial charge in [-0.3, -0.25) is 14.4 Å². The van der Waals surface area contributed by atoms with Gasteiger partial charge in [-0.25, -0.2) is 8.42 Å². The van der Waals surface area contributed by atoms with Crippen molar-refractivity contribution in [2.45, 2.75) is 30.3 Å². The number of nitrogens with zero attached hydrogens (tertiary/aromatic N) is 2. The van der Waals surface area contributed by atoms with Crippen LogP contribution in [0.3, 0.4) is 0 Å². The highest BCUT2D eigenvalue weighted by Gasteiger charge is 2.51. The van der Waals surface area contributed by atoms with E-state index in [9.17, 15) is 18.0 Å². The van der Waals surface area contributed by atoms with Crippen molar-refractivity contribution in [2.24, 2.45) is 5.41 Å². The number of nitrogens with one attached hydrogen (secondary N) is 1. The average molecular weight is 462 g/mol. The molecule has 10 nitrogen and oxygen atoms in total. The van der Waals surface area contributed by atoms with E-state index in [2.05, 4.69) is 5.32 Å². The smallest absolute Gasteiger partial charge is 0.312 e. The average Bonchev–Trinajstić information content (AvgIpc) is 3.28. The van der Waals surface area contributed by atoms with Crippen LogP contribution in [-0.2, 0) is 24.3 Å². The number of cyclic esters (lactones) is 1. The van der Waals surface area contributed by atoms with Crippen LogP contribution in [0.2, 0.25) is 0 Å². The van der Waals surface area contributed by atoms with Gasteiger partial charge in [0.25, 0.3) is 12.4 Å². The maximum atomic E-state index is 12.9. The Balaban J connectivity index is 0.00000101. The third-order valence-electron chi connectivity index (χ3n) is 5.24. The van der Waals surface area contributed by atoms with Crippen molar-refractivity contribution in [1.29, 1.82) is 0 Å². The van der Waals surface area contributed by atoms with Crippen LogP contribution in [0.25, 0.3) is 0 Å². The molecule has 0 aliphatic carbocycles. The number of amides is 1. The van der Waals surface area contributed by atoms with Gasteiger partial charge >= 0.3 is 5.97 Å². The topological polar surface area (TPSA) is 133 Å². The highest BCUT2D eigenvalue weighted by atomic mass is 32.2. The number of hydrogen-bond acceptors (Lipinski definition) is 8. The summed E-state index contributed by atoms with van der Waals surface area (Å²) in [5.41, 5.74) is -0.575. The molecule has 0 radical (unpaired) electrons. The maximum absolute atomic E-state index is 12.9. The van der Waals surface area contributed by atoms with Gasteiger partial charge < -0.3 is 20.1 Å². The van der Waals surface area contributed by atoms with Gasteiger partial charge in [0.2, 0.25) is 10.0 Å². The molecule has 2 fully saturated rings. The molecule has 3 heterocycles. The molecule has 1 spiro atoms. The van der Waals surface area contributed by atoms with Gasteiger partial charge in [0.15, 0.2) is 0 Å². The molecule has 1 aromatic rings. The Bertz CT molecular complexity index is 874. The SMILES string of the molecule is CNC(=O)c1cc(S(=O)(=O)N2CCC3(CC2)CC(CN(C)C)OC3=O)cs1.O=CO. The van der Waals surface area contributed by atoms with Crippen LogP contribution >= 0.6 is 11.3 Å². The predicted octanol–water partition coefficient (Wildman–Crippen LogP) is 0.457. The summed E-state index contributed by atoms with van der Waals surface area (Å²) in [6.45, 7) is 0.973. The Labute approximate surface area is 179 Å². The Morgan fingerprint density at radius 3 is 2.57 bits per heavy atom. The van der Waals surface area contributed by atoms with E-state index in [4.69, 9.17) is 14.6 Å². The molecule has 1 unspecified atom stereocenters. The Morgan fingerprint density at radius 2 is 2.03 bits per heavy atom. The van der Waals surface area contributed by atoms with E-state index in [0.29, 0.717) is 30.7 Å². The molecule has 3 rings (SSSR count). The van der Waals surface area contributed by atoms with Crippen LogP contribution in [0, 0.1) is 5.41 Å². The molecular formula is C18H27N3O7S2. The lowest BCUT2D eigenvalue weighted by atomic mass is 9.76. The third kappa shape index (κ3) is 5.17. The molecule has 1 atom stereocenters. The molecule has 0 bridgehead atoms. The van der Waals surface area contributed by atoms with Crippen molar-refractivity contribution in [1.82, 2.24) is 14.5 Å². The minimum absolute atomic E-state index is 0.126. The zero-order chi connectivity index (χ0) is 22.5. The number of carbonyl (C=O) groups excluding carboxylic acids is 2. The number of carboxylic acid groups (broad SMARTS) is 1. The van der Waals surface area contributed by atoms with Crippen molar-refractivity contribution < 1.29 is 32.6 Å². The van der Waals surface area contributed by atoms with E-state index in [1.165, 1.54) is 22.8 Å². The van der Waals surface area contributed by atoms with Crippen LogP contribution < -0.4 is 5.32 Å². The first kappa shape index (κ1) is 24.3. The summed E-state index contributed by atoms with van der Waals surface area (Å²) in [6.07, 6.45) is 1.42. The van der Waals surface area contributed by atoms with E-state index in [1.54, 1.807) is 0 Å². The minimum Gasteiger partial charge on any atom is -0.483 e. The summed E-state index contributed by atoms with van der Waals surface area (Å²) in [5, 5.41) is 10.9. The molecule has 30 heavy (non-hydrogen) atoms. The van der Waals surface area contributed by atoms with Gasteiger partial charge in [0, 0.05) is 38.5 Å². The number of piperidine rings is 1. The fourth-order valence-electron chi connectivity index (χ4n) is 3.75. The predicted molar refractivity (Wildman–Crippen MR) is 110 cm³/mol. The highest BCUT2D eigenvalue weighted by Crippen LogP contribution is 2.44. The van der Waals surface area contributed by atoms with E-state index in [-0.39, 0.29) is 42.4 Å². The summed E-state index contributed by atoms with van der Waals surface area (Å²) in [7, 11) is 1.69. The van der Waals surface area contributed by atoms with Gasteiger partial charge in [-0.15, -0.1) is 11.3 Å². The van der Waals surface area contributed by atoms with Crippen molar-refractivity contribution in [2.75, 3.05) is 40.8 Å². The number of ether oxygens (including phenoxy) is 1. The molecule has 1 aromatic heterocycles. The number of sulfonamides is 1. The van der Waals surface area contributed by atoms with E-state index < -0.39 is 15.4 Å². The summed E-state index contributed by atoms with van der Waals surface area (Å²) in [5.74, 6) is -0.511. The Hall–Kier alpha value is -2.02. The molecular weight excluding hydrogens is 434 g/mol. The molecule has 2 aliphatic heterocycles. The van der Waals surface area contributed by atoms with Crippen molar-refractivity contribution >= 4 is 39.7 Å². The molecule has 2 N–H and O–H groups in total. The second-order valence-electron chi connectivity index (χ2n) is 7.51. The van der Waals surface area contributed by atoms with E-state index in [0.717, 1.165) is 11.3 Å². The zero-order valence-electron chi connectivity index (χ0n) is 17.2. The third-order valence-corrected chi connectivity index (χ3v) is 8.19. The van der Waals surface area contributed by atoms with E-state index >= 15 is 0 Å². The van der Waals surface area contributed by atoms with Gasteiger partial charge in [0.1, 0.15) is 6.10 Å². The number of thiophene rings is 1. The monoisotopic (exact) mass is 461 g/mol. The summed E-state index contributed by atoms with van der Waals surface area (Å²) < 4.78 is 32.7. The number of carbonyl (C=O) groups is 3. The Kier molecular flexibility index (Phi) is 7.97. The van der Waals surface area contributed by atoms with Crippen LogP contribution in [0.1, 0.15) is 28.9 Å². The second-order valence-corrected chi connectivity index (χ2v) is 10.4. The van der Waals surface area contributed by atoms with Gasteiger partial charge in [-0.05, 0) is 33.0 Å².